The summed E-state index contributed by atoms with van der Waals surface area (Å²) in [4.78, 5) is 14.8. The van der Waals surface area contributed by atoms with Crippen molar-refractivity contribution >= 4 is 5.91 Å². The highest BCUT2D eigenvalue weighted by atomic mass is 16.2. The lowest BCUT2D eigenvalue weighted by atomic mass is 9.99. The zero-order valence-electron chi connectivity index (χ0n) is 13.5. The van der Waals surface area contributed by atoms with E-state index in [9.17, 15) is 4.79 Å². The van der Waals surface area contributed by atoms with Crippen LogP contribution in [0.5, 0.6) is 0 Å². The number of hydrogen-bond donors (Lipinski definition) is 2. The van der Waals surface area contributed by atoms with E-state index < -0.39 is 0 Å². The van der Waals surface area contributed by atoms with Crippen molar-refractivity contribution in [2.24, 2.45) is 0 Å². The minimum Gasteiger partial charge on any atom is -0.350 e. The molecule has 20 heavy (non-hydrogen) atoms. The first-order valence-electron chi connectivity index (χ1n) is 8.18. The molecule has 1 saturated heterocycles. The molecule has 1 heterocycles. The van der Waals surface area contributed by atoms with Crippen LogP contribution in [0.2, 0.25) is 0 Å². The van der Waals surface area contributed by atoms with E-state index in [-0.39, 0.29) is 17.5 Å². The molecule has 0 aromatic rings. The van der Waals surface area contributed by atoms with Gasteiger partial charge in [-0.2, -0.15) is 0 Å². The molecule has 2 fully saturated rings. The molecular weight excluding hydrogens is 250 g/mol. The molecule has 1 amide bonds. The van der Waals surface area contributed by atoms with Crippen molar-refractivity contribution in [1.29, 1.82) is 0 Å². The van der Waals surface area contributed by atoms with Gasteiger partial charge in [0, 0.05) is 24.2 Å². The fraction of sp³-hybridized carbons (Fsp3) is 0.938. The molecule has 2 atom stereocenters. The molecule has 2 aliphatic rings. The Morgan fingerprint density at radius 1 is 1.25 bits per heavy atom. The van der Waals surface area contributed by atoms with E-state index in [2.05, 4.69) is 22.5 Å². The Kier molecular flexibility index (Phi) is 5.08. The second-order valence-corrected chi connectivity index (χ2v) is 7.49. The lowest BCUT2D eigenvalue weighted by Crippen LogP contribution is -2.56. The Labute approximate surface area is 123 Å². The standard InChI is InChI=1S/C16H31N3O/c1-12(15(20)18-16(2,3)4)19-10-6-5-7-14(19)11-17-13-8-9-13/h12-14,17H,5-11H2,1-4H3,(H,18,20). The molecule has 116 valence electrons. The summed E-state index contributed by atoms with van der Waals surface area (Å²) in [6.45, 7) is 10.3. The second kappa shape index (κ2) is 6.44. The Morgan fingerprint density at radius 3 is 2.55 bits per heavy atom. The minimum absolute atomic E-state index is 0.0273. The van der Waals surface area contributed by atoms with E-state index >= 15 is 0 Å². The summed E-state index contributed by atoms with van der Waals surface area (Å²) in [5, 5.41) is 6.74. The molecule has 0 radical (unpaired) electrons. The van der Waals surface area contributed by atoms with Gasteiger partial charge < -0.3 is 10.6 Å². The zero-order valence-corrected chi connectivity index (χ0v) is 13.5. The Hall–Kier alpha value is -0.610. The third-order valence-electron chi connectivity index (χ3n) is 4.27. The van der Waals surface area contributed by atoms with E-state index in [0.717, 1.165) is 19.1 Å². The third-order valence-corrected chi connectivity index (χ3v) is 4.27. The molecule has 1 aliphatic carbocycles. The van der Waals surface area contributed by atoms with Crippen molar-refractivity contribution in [3.63, 3.8) is 0 Å². The number of hydrogen-bond acceptors (Lipinski definition) is 3. The van der Waals surface area contributed by atoms with Gasteiger partial charge in [-0.3, -0.25) is 9.69 Å². The summed E-state index contributed by atoms with van der Waals surface area (Å²) >= 11 is 0. The van der Waals surface area contributed by atoms with E-state index in [4.69, 9.17) is 0 Å². The largest absolute Gasteiger partial charge is 0.350 e. The van der Waals surface area contributed by atoms with E-state index in [1.807, 2.05) is 20.8 Å². The normalized spacial score (nSPS) is 26.3. The minimum atomic E-state index is -0.150. The van der Waals surface area contributed by atoms with Gasteiger partial charge in [0.1, 0.15) is 0 Å². The maximum Gasteiger partial charge on any atom is 0.237 e. The summed E-state index contributed by atoms with van der Waals surface area (Å²) in [6, 6.07) is 1.24. The number of nitrogens with zero attached hydrogens (tertiary/aromatic N) is 1. The number of nitrogens with one attached hydrogen (secondary N) is 2. The lowest BCUT2D eigenvalue weighted by molar-refractivity contribution is -0.128. The molecular formula is C16H31N3O. The molecule has 0 aromatic heterocycles. The molecule has 1 aliphatic heterocycles. The number of piperidine rings is 1. The van der Waals surface area contributed by atoms with Crippen LogP contribution >= 0.6 is 0 Å². The van der Waals surface area contributed by atoms with Crippen molar-refractivity contribution < 1.29 is 4.79 Å². The van der Waals surface area contributed by atoms with Gasteiger partial charge >= 0.3 is 0 Å². The second-order valence-electron chi connectivity index (χ2n) is 7.49. The van der Waals surface area contributed by atoms with Crippen LogP contribution in [0.4, 0.5) is 0 Å². The Bertz CT molecular complexity index is 333. The molecule has 0 bridgehead atoms. The smallest absolute Gasteiger partial charge is 0.237 e. The third kappa shape index (κ3) is 4.74. The SMILES string of the molecule is CC(C(=O)NC(C)(C)C)N1CCCCC1CNC1CC1. The number of carbonyl (C=O) groups excluding carboxylic acids is 1. The van der Waals surface area contributed by atoms with Gasteiger partial charge in [0.25, 0.3) is 0 Å². The van der Waals surface area contributed by atoms with Gasteiger partial charge in [-0.25, -0.2) is 0 Å². The summed E-state index contributed by atoms with van der Waals surface area (Å²) in [6.07, 6.45) is 6.38. The molecule has 2 N–H and O–H groups in total. The highest BCUT2D eigenvalue weighted by molar-refractivity contribution is 5.82. The van der Waals surface area contributed by atoms with Crippen molar-refractivity contribution in [3.8, 4) is 0 Å². The van der Waals surface area contributed by atoms with Crippen LogP contribution in [0.3, 0.4) is 0 Å². The lowest BCUT2D eigenvalue weighted by Gasteiger charge is -2.40. The highest BCUT2D eigenvalue weighted by Crippen LogP contribution is 2.23. The van der Waals surface area contributed by atoms with Crippen molar-refractivity contribution in [2.45, 2.75) is 83.5 Å². The van der Waals surface area contributed by atoms with Crippen LogP contribution in [0.1, 0.15) is 59.8 Å². The van der Waals surface area contributed by atoms with Crippen LogP contribution in [-0.2, 0) is 4.79 Å². The van der Waals surface area contributed by atoms with Gasteiger partial charge in [-0.15, -0.1) is 0 Å². The fourth-order valence-electron chi connectivity index (χ4n) is 2.97. The Morgan fingerprint density at radius 2 is 1.95 bits per heavy atom. The summed E-state index contributed by atoms with van der Waals surface area (Å²) in [5.41, 5.74) is -0.150. The number of likely N-dealkylation sites (tertiary alicyclic amines) is 1. The fourth-order valence-corrected chi connectivity index (χ4v) is 2.97. The van der Waals surface area contributed by atoms with E-state index in [0.29, 0.717) is 6.04 Å². The monoisotopic (exact) mass is 281 g/mol. The summed E-state index contributed by atoms with van der Waals surface area (Å²) in [5.74, 6) is 0.163. The van der Waals surface area contributed by atoms with E-state index in [1.165, 1.54) is 32.1 Å². The predicted molar refractivity (Wildman–Crippen MR) is 82.7 cm³/mol. The quantitative estimate of drug-likeness (QED) is 0.809. The van der Waals surface area contributed by atoms with Gasteiger partial charge in [-0.05, 0) is 59.9 Å². The number of amides is 1. The van der Waals surface area contributed by atoms with Gasteiger partial charge in [0.2, 0.25) is 5.91 Å². The van der Waals surface area contributed by atoms with Gasteiger partial charge in [0.15, 0.2) is 0 Å². The molecule has 1 saturated carbocycles. The predicted octanol–water partition coefficient (Wildman–Crippen LogP) is 1.90. The van der Waals surface area contributed by atoms with Gasteiger partial charge in [-0.1, -0.05) is 6.42 Å². The molecule has 4 heteroatoms. The topological polar surface area (TPSA) is 44.4 Å². The van der Waals surface area contributed by atoms with Crippen LogP contribution in [-0.4, -0.2) is 47.6 Å². The first-order valence-corrected chi connectivity index (χ1v) is 8.18. The average Bonchev–Trinajstić information content (AvgIpc) is 3.18. The molecule has 0 spiro atoms. The molecule has 2 rings (SSSR count). The summed E-state index contributed by atoms with van der Waals surface area (Å²) < 4.78 is 0. The average molecular weight is 281 g/mol. The molecule has 2 unspecified atom stereocenters. The summed E-state index contributed by atoms with van der Waals surface area (Å²) in [7, 11) is 0. The molecule has 0 aromatic carbocycles. The zero-order chi connectivity index (χ0) is 14.8. The van der Waals surface area contributed by atoms with Crippen LogP contribution < -0.4 is 10.6 Å². The van der Waals surface area contributed by atoms with Crippen LogP contribution in [0, 0.1) is 0 Å². The first-order chi connectivity index (χ1) is 9.37. The Balaban J connectivity index is 1.89. The van der Waals surface area contributed by atoms with Crippen molar-refractivity contribution in [2.75, 3.05) is 13.1 Å². The van der Waals surface area contributed by atoms with Crippen molar-refractivity contribution in [3.05, 3.63) is 0 Å². The van der Waals surface area contributed by atoms with Crippen LogP contribution in [0.25, 0.3) is 0 Å². The number of rotatable bonds is 5. The first kappa shape index (κ1) is 15.8. The van der Waals surface area contributed by atoms with Crippen molar-refractivity contribution in [1.82, 2.24) is 15.5 Å². The van der Waals surface area contributed by atoms with Crippen LogP contribution in [0.15, 0.2) is 0 Å². The van der Waals surface area contributed by atoms with E-state index in [1.54, 1.807) is 0 Å². The van der Waals surface area contributed by atoms with Gasteiger partial charge in [0.05, 0.1) is 6.04 Å². The maximum atomic E-state index is 12.4. The maximum absolute atomic E-state index is 12.4. The molecule has 4 nitrogen and oxygen atoms in total. The highest BCUT2D eigenvalue weighted by Gasteiger charge is 2.32. The number of carbonyl (C=O) groups is 1.